The van der Waals surface area contributed by atoms with Crippen molar-refractivity contribution in [2.75, 3.05) is 0 Å². The van der Waals surface area contributed by atoms with E-state index in [-0.39, 0.29) is 30.3 Å². The summed E-state index contributed by atoms with van der Waals surface area (Å²) in [5.74, 6) is 0.768. The molecule has 0 fully saturated rings. The quantitative estimate of drug-likeness (QED) is 0.893. The van der Waals surface area contributed by atoms with Gasteiger partial charge in [0.2, 0.25) is 5.91 Å². The highest BCUT2D eigenvalue weighted by molar-refractivity contribution is 5.85. The second-order valence-corrected chi connectivity index (χ2v) is 6.08. The maximum absolute atomic E-state index is 12.3. The van der Waals surface area contributed by atoms with Crippen molar-refractivity contribution in [1.82, 2.24) is 5.32 Å². The van der Waals surface area contributed by atoms with Crippen LogP contribution in [0.25, 0.3) is 0 Å². The molecule has 2 rings (SSSR count). The number of amides is 1. The van der Waals surface area contributed by atoms with E-state index in [2.05, 4.69) is 37.4 Å². The van der Waals surface area contributed by atoms with E-state index in [1.165, 1.54) is 11.1 Å². The highest BCUT2D eigenvalue weighted by Gasteiger charge is 2.28. The van der Waals surface area contributed by atoms with Gasteiger partial charge in [-0.2, -0.15) is 0 Å². The standard InChI is InChI=1S/C17H26N2O.ClH/c1-4-11(2)16(18)17(20)19-15-10-9-12(3)13-7-5-6-8-14(13)15;/h5-8,11-12,15-16H,4,9-10,18H2,1-3H3,(H,19,20);1H. The Morgan fingerprint density at radius 3 is 2.57 bits per heavy atom. The molecule has 0 heterocycles. The molecule has 0 aliphatic heterocycles. The van der Waals surface area contributed by atoms with E-state index in [1.54, 1.807) is 0 Å². The van der Waals surface area contributed by atoms with Crippen LogP contribution in [0.5, 0.6) is 0 Å². The zero-order chi connectivity index (χ0) is 14.7. The maximum Gasteiger partial charge on any atom is 0.237 e. The first-order chi connectivity index (χ1) is 9.54. The molecule has 1 aromatic rings. The molecule has 0 saturated heterocycles. The third-order valence-corrected chi connectivity index (χ3v) is 4.67. The number of nitrogens with two attached hydrogens (primary N) is 1. The van der Waals surface area contributed by atoms with E-state index in [4.69, 9.17) is 5.73 Å². The second kappa shape index (κ2) is 7.81. The number of carbonyl (C=O) groups excluding carboxylic acids is 1. The Balaban J connectivity index is 0.00000220. The van der Waals surface area contributed by atoms with Crippen LogP contribution in [0.1, 0.15) is 63.1 Å². The Kier molecular flexibility index (Phi) is 6.69. The van der Waals surface area contributed by atoms with Gasteiger partial charge in [0.1, 0.15) is 0 Å². The van der Waals surface area contributed by atoms with Crippen molar-refractivity contribution in [1.29, 1.82) is 0 Å². The second-order valence-electron chi connectivity index (χ2n) is 6.08. The molecule has 4 heteroatoms. The number of hydrogen-bond donors (Lipinski definition) is 2. The van der Waals surface area contributed by atoms with Crippen LogP contribution in [0.2, 0.25) is 0 Å². The van der Waals surface area contributed by atoms with Gasteiger partial charge in [-0.05, 0) is 35.8 Å². The average molecular weight is 311 g/mol. The summed E-state index contributed by atoms with van der Waals surface area (Å²) in [7, 11) is 0. The normalized spacial score (nSPS) is 23.4. The third-order valence-electron chi connectivity index (χ3n) is 4.67. The van der Waals surface area contributed by atoms with Crippen molar-refractivity contribution < 1.29 is 4.79 Å². The number of carbonyl (C=O) groups is 1. The van der Waals surface area contributed by atoms with Gasteiger partial charge in [-0.1, -0.05) is 51.5 Å². The fourth-order valence-electron chi connectivity index (χ4n) is 2.93. The highest BCUT2D eigenvalue weighted by Crippen LogP contribution is 2.36. The van der Waals surface area contributed by atoms with Crippen molar-refractivity contribution in [2.45, 2.75) is 58.0 Å². The van der Waals surface area contributed by atoms with Crippen molar-refractivity contribution in [2.24, 2.45) is 11.7 Å². The van der Waals surface area contributed by atoms with Crippen LogP contribution in [0.4, 0.5) is 0 Å². The minimum absolute atomic E-state index is 0. The molecule has 0 radical (unpaired) electrons. The van der Waals surface area contributed by atoms with Crippen molar-refractivity contribution in [3.8, 4) is 0 Å². The lowest BCUT2D eigenvalue weighted by Crippen LogP contribution is -2.46. The Morgan fingerprint density at radius 1 is 1.33 bits per heavy atom. The molecule has 0 aromatic heterocycles. The summed E-state index contributed by atoms with van der Waals surface area (Å²) in [6.07, 6.45) is 3.03. The molecule has 3 nitrogen and oxygen atoms in total. The van der Waals surface area contributed by atoms with Crippen LogP contribution in [0, 0.1) is 5.92 Å². The number of nitrogens with one attached hydrogen (secondary N) is 1. The summed E-state index contributed by atoms with van der Waals surface area (Å²) in [4.78, 5) is 12.3. The smallest absolute Gasteiger partial charge is 0.237 e. The molecule has 4 unspecified atom stereocenters. The first-order valence-corrected chi connectivity index (χ1v) is 7.69. The predicted octanol–water partition coefficient (Wildman–Crippen LogP) is 3.54. The number of hydrogen-bond acceptors (Lipinski definition) is 2. The SMILES string of the molecule is CCC(C)C(N)C(=O)NC1CCC(C)c2ccccc21.Cl. The average Bonchev–Trinajstić information content (AvgIpc) is 2.48. The van der Waals surface area contributed by atoms with Crippen molar-refractivity contribution >= 4 is 18.3 Å². The van der Waals surface area contributed by atoms with E-state index in [0.29, 0.717) is 5.92 Å². The minimum Gasteiger partial charge on any atom is -0.348 e. The fourth-order valence-corrected chi connectivity index (χ4v) is 2.93. The fraction of sp³-hybridized carbons (Fsp3) is 0.588. The Bertz CT molecular complexity index is 478. The predicted molar refractivity (Wildman–Crippen MR) is 89.7 cm³/mol. The zero-order valence-electron chi connectivity index (χ0n) is 13.1. The molecule has 1 aliphatic rings. The van der Waals surface area contributed by atoms with Gasteiger partial charge in [0.25, 0.3) is 0 Å². The molecule has 0 spiro atoms. The molecule has 118 valence electrons. The van der Waals surface area contributed by atoms with Crippen LogP contribution >= 0.6 is 12.4 Å². The van der Waals surface area contributed by atoms with Gasteiger partial charge >= 0.3 is 0 Å². The van der Waals surface area contributed by atoms with E-state index in [0.717, 1.165) is 19.3 Å². The van der Waals surface area contributed by atoms with Gasteiger partial charge in [-0.15, -0.1) is 12.4 Å². The summed E-state index contributed by atoms with van der Waals surface area (Å²) in [5, 5.41) is 3.15. The monoisotopic (exact) mass is 310 g/mol. The first kappa shape index (κ1) is 18.0. The van der Waals surface area contributed by atoms with Gasteiger partial charge in [-0.3, -0.25) is 4.79 Å². The molecule has 21 heavy (non-hydrogen) atoms. The third kappa shape index (κ3) is 3.98. The van der Waals surface area contributed by atoms with E-state index >= 15 is 0 Å². The van der Waals surface area contributed by atoms with Crippen molar-refractivity contribution in [3.63, 3.8) is 0 Å². The van der Waals surface area contributed by atoms with Gasteiger partial charge < -0.3 is 11.1 Å². The number of halogens is 1. The molecular formula is C17H27ClN2O. The minimum atomic E-state index is -0.411. The Labute approximate surface area is 134 Å². The molecule has 4 atom stereocenters. The molecule has 1 aliphatic carbocycles. The summed E-state index contributed by atoms with van der Waals surface area (Å²) in [6, 6.07) is 8.13. The van der Waals surface area contributed by atoms with Gasteiger partial charge in [0.05, 0.1) is 12.1 Å². The highest BCUT2D eigenvalue weighted by atomic mass is 35.5. The topological polar surface area (TPSA) is 55.1 Å². The first-order valence-electron chi connectivity index (χ1n) is 7.69. The number of rotatable bonds is 4. The van der Waals surface area contributed by atoms with Crippen LogP contribution in [-0.4, -0.2) is 11.9 Å². The number of fused-ring (bicyclic) bond motifs is 1. The summed E-state index contributed by atoms with van der Waals surface area (Å²) >= 11 is 0. The lowest BCUT2D eigenvalue weighted by Gasteiger charge is -2.31. The van der Waals surface area contributed by atoms with Gasteiger partial charge in [0.15, 0.2) is 0 Å². The van der Waals surface area contributed by atoms with Crippen LogP contribution in [-0.2, 0) is 4.79 Å². The molecule has 1 aromatic carbocycles. The maximum atomic E-state index is 12.3. The summed E-state index contributed by atoms with van der Waals surface area (Å²) in [5.41, 5.74) is 8.65. The van der Waals surface area contributed by atoms with E-state index < -0.39 is 6.04 Å². The van der Waals surface area contributed by atoms with Gasteiger partial charge in [0, 0.05) is 0 Å². The zero-order valence-corrected chi connectivity index (χ0v) is 14.0. The Hall–Kier alpha value is -1.06. The molecule has 0 saturated carbocycles. The Morgan fingerprint density at radius 2 is 1.95 bits per heavy atom. The van der Waals surface area contributed by atoms with Crippen LogP contribution in [0.15, 0.2) is 24.3 Å². The lowest BCUT2D eigenvalue weighted by molar-refractivity contribution is -0.124. The van der Waals surface area contributed by atoms with Gasteiger partial charge in [-0.25, -0.2) is 0 Å². The largest absolute Gasteiger partial charge is 0.348 e. The summed E-state index contributed by atoms with van der Waals surface area (Å²) < 4.78 is 0. The molecule has 1 amide bonds. The lowest BCUT2D eigenvalue weighted by atomic mass is 9.81. The summed E-state index contributed by atoms with van der Waals surface area (Å²) in [6.45, 7) is 6.35. The molecule has 3 N–H and O–H groups in total. The molecular weight excluding hydrogens is 284 g/mol. The van der Waals surface area contributed by atoms with Crippen molar-refractivity contribution in [3.05, 3.63) is 35.4 Å². The van der Waals surface area contributed by atoms with E-state index in [1.807, 2.05) is 13.0 Å². The number of benzene rings is 1. The van der Waals surface area contributed by atoms with E-state index in [9.17, 15) is 4.79 Å². The van der Waals surface area contributed by atoms with Crippen LogP contribution in [0.3, 0.4) is 0 Å². The molecule has 0 bridgehead atoms. The van der Waals surface area contributed by atoms with Crippen LogP contribution < -0.4 is 11.1 Å².